The molecule has 33 heavy (non-hydrogen) atoms. The quantitative estimate of drug-likeness (QED) is 0.482. The number of carboxylic acids is 1. The largest absolute Gasteiger partial charge is 0.478 e. The number of halogens is 1. The molecule has 1 fully saturated rings. The number of aliphatic hydroxyl groups excluding tert-OH is 1. The topological polar surface area (TPSA) is 86.1 Å². The van der Waals surface area contributed by atoms with E-state index in [1.165, 1.54) is 6.07 Å². The maximum atomic E-state index is 14.8. The van der Waals surface area contributed by atoms with E-state index in [2.05, 4.69) is 9.80 Å². The van der Waals surface area contributed by atoms with E-state index >= 15 is 0 Å². The van der Waals surface area contributed by atoms with E-state index < -0.39 is 11.8 Å². The van der Waals surface area contributed by atoms with Gasteiger partial charge in [0.1, 0.15) is 5.82 Å². The van der Waals surface area contributed by atoms with E-state index in [4.69, 9.17) is 14.8 Å². The maximum absolute atomic E-state index is 14.8. The van der Waals surface area contributed by atoms with Crippen LogP contribution < -0.4 is 0 Å². The number of carboxylic acid groups (broad SMARTS) is 1. The van der Waals surface area contributed by atoms with Crippen molar-refractivity contribution in [3.8, 4) is 11.3 Å². The second-order valence-corrected chi connectivity index (χ2v) is 8.07. The number of benzene rings is 2. The van der Waals surface area contributed by atoms with Gasteiger partial charge in [-0.25, -0.2) is 14.2 Å². The number of aliphatic hydroxyl groups is 1. The molecule has 0 saturated carbocycles. The molecule has 0 radical (unpaired) electrons. The zero-order valence-electron chi connectivity index (χ0n) is 18.4. The Morgan fingerprint density at radius 3 is 2.42 bits per heavy atom. The lowest BCUT2D eigenvalue weighted by Gasteiger charge is -2.35. The van der Waals surface area contributed by atoms with Gasteiger partial charge in [0.2, 0.25) is 0 Å². The molecule has 2 heterocycles. The van der Waals surface area contributed by atoms with Gasteiger partial charge in [-0.05, 0) is 12.1 Å². The van der Waals surface area contributed by atoms with E-state index in [1.54, 1.807) is 12.1 Å². The molecule has 1 aliphatic rings. The average Bonchev–Trinajstić information content (AvgIpc) is 2.83. The standard InChI is InChI=1S/C25H28FN3O4/c26-20-7-4-8-21-23(20)22(25(31)32)19(24(27-21)18-5-2-1-3-6-18)17-29-11-9-28(10-12-29)13-15-33-16-14-30/h1-8,30H,9-17H2,(H,31,32). The Morgan fingerprint density at radius 2 is 1.73 bits per heavy atom. The Kier molecular flexibility index (Phi) is 7.61. The van der Waals surface area contributed by atoms with Gasteiger partial charge in [0.15, 0.2) is 0 Å². The van der Waals surface area contributed by atoms with Crippen LogP contribution >= 0.6 is 0 Å². The van der Waals surface area contributed by atoms with Crippen LogP contribution in [0.2, 0.25) is 0 Å². The predicted molar refractivity (Wildman–Crippen MR) is 124 cm³/mol. The highest BCUT2D eigenvalue weighted by Crippen LogP contribution is 2.33. The Morgan fingerprint density at radius 1 is 1.00 bits per heavy atom. The number of fused-ring (bicyclic) bond motifs is 1. The van der Waals surface area contributed by atoms with Gasteiger partial charge in [0.25, 0.3) is 0 Å². The number of aromatic carboxylic acids is 1. The van der Waals surface area contributed by atoms with Crippen molar-refractivity contribution < 1.29 is 24.1 Å². The molecule has 2 aromatic carbocycles. The molecular weight excluding hydrogens is 425 g/mol. The number of carbonyl (C=O) groups is 1. The molecule has 1 aromatic heterocycles. The first kappa shape index (κ1) is 23.3. The number of aromatic nitrogens is 1. The van der Waals surface area contributed by atoms with Crippen molar-refractivity contribution in [1.82, 2.24) is 14.8 Å². The molecular formula is C25H28FN3O4. The Labute approximate surface area is 192 Å². The van der Waals surface area contributed by atoms with Crippen molar-refractivity contribution in [2.24, 2.45) is 0 Å². The molecule has 0 spiro atoms. The fraction of sp³-hybridized carbons (Fsp3) is 0.360. The first-order valence-corrected chi connectivity index (χ1v) is 11.1. The fourth-order valence-corrected chi connectivity index (χ4v) is 4.29. The van der Waals surface area contributed by atoms with Crippen molar-refractivity contribution >= 4 is 16.9 Å². The summed E-state index contributed by atoms with van der Waals surface area (Å²) < 4.78 is 20.1. The molecule has 0 bridgehead atoms. The first-order valence-electron chi connectivity index (χ1n) is 11.1. The van der Waals surface area contributed by atoms with Gasteiger partial charge in [0.05, 0.1) is 42.0 Å². The lowest BCUT2D eigenvalue weighted by molar-refractivity contribution is 0.0561. The van der Waals surface area contributed by atoms with Crippen LogP contribution in [0, 0.1) is 5.82 Å². The van der Waals surface area contributed by atoms with E-state index in [0.29, 0.717) is 36.5 Å². The van der Waals surface area contributed by atoms with E-state index in [1.807, 2.05) is 30.3 Å². The van der Waals surface area contributed by atoms with E-state index in [9.17, 15) is 14.3 Å². The minimum atomic E-state index is -1.15. The second-order valence-electron chi connectivity index (χ2n) is 8.07. The zero-order valence-corrected chi connectivity index (χ0v) is 18.4. The summed E-state index contributed by atoms with van der Waals surface area (Å²) >= 11 is 0. The molecule has 2 N–H and O–H groups in total. The van der Waals surface area contributed by atoms with Crippen LogP contribution in [0.4, 0.5) is 4.39 Å². The number of pyridine rings is 1. The fourth-order valence-electron chi connectivity index (χ4n) is 4.29. The van der Waals surface area contributed by atoms with Crippen LogP contribution in [0.25, 0.3) is 22.2 Å². The van der Waals surface area contributed by atoms with Gasteiger partial charge in [-0.15, -0.1) is 0 Å². The molecule has 0 aliphatic carbocycles. The van der Waals surface area contributed by atoms with Crippen molar-refractivity contribution in [2.45, 2.75) is 6.54 Å². The zero-order chi connectivity index (χ0) is 23.2. The molecule has 3 aromatic rings. The second kappa shape index (κ2) is 10.8. The molecule has 1 saturated heterocycles. The van der Waals surface area contributed by atoms with Crippen LogP contribution in [-0.2, 0) is 11.3 Å². The molecule has 7 nitrogen and oxygen atoms in total. The van der Waals surface area contributed by atoms with Crippen LogP contribution in [-0.4, -0.2) is 83.5 Å². The minimum Gasteiger partial charge on any atom is -0.478 e. The van der Waals surface area contributed by atoms with Crippen LogP contribution in [0.1, 0.15) is 15.9 Å². The lowest BCUT2D eigenvalue weighted by atomic mass is 9.95. The van der Waals surface area contributed by atoms with Crippen molar-refractivity contribution in [1.29, 1.82) is 0 Å². The van der Waals surface area contributed by atoms with Gasteiger partial charge >= 0.3 is 5.97 Å². The van der Waals surface area contributed by atoms with Gasteiger partial charge in [-0.1, -0.05) is 36.4 Å². The maximum Gasteiger partial charge on any atom is 0.336 e. The first-order chi connectivity index (χ1) is 16.1. The summed E-state index contributed by atoms with van der Waals surface area (Å²) in [6.07, 6.45) is 0. The van der Waals surface area contributed by atoms with Gasteiger partial charge in [-0.2, -0.15) is 0 Å². The smallest absolute Gasteiger partial charge is 0.336 e. The summed E-state index contributed by atoms with van der Waals surface area (Å²) in [6.45, 7) is 5.22. The summed E-state index contributed by atoms with van der Waals surface area (Å²) in [7, 11) is 0. The van der Waals surface area contributed by atoms with Crippen molar-refractivity contribution in [3.05, 3.63) is 65.5 Å². The summed E-state index contributed by atoms with van der Waals surface area (Å²) in [5.74, 6) is -1.73. The average molecular weight is 454 g/mol. The Hall–Kier alpha value is -2.91. The highest BCUT2D eigenvalue weighted by Gasteiger charge is 2.26. The molecule has 8 heteroatoms. The molecule has 174 valence electrons. The minimum absolute atomic E-state index is 0.0169. The van der Waals surface area contributed by atoms with E-state index in [0.717, 1.165) is 38.3 Å². The highest BCUT2D eigenvalue weighted by molar-refractivity contribution is 6.06. The normalized spacial score (nSPS) is 15.2. The van der Waals surface area contributed by atoms with Gasteiger partial charge in [0, 0.05) is 50.4 Å². The molecule has 0 unspecified atom stereocenters. The monoisotopic (exact) mass is 453 g/mol. The number of hydrogen-bond acceptors (Lipinski definition) is 6. The van der Waals surface area contributed by atoms with Crippen LogP contribution in [0.3, 0.4) is 0 Å². The van der Waals surface area contributed by atoms with Crippen molar-refractivity contribution in [3.63, 3.8) is 0 Å². The summed E-state index contributed by atoms with van der Waals surface area (Å²) in [5.41, 5.74) is 2.23. The van der Waals surface area contributed by atoms with Gasteiger partial charge < -0.3 is 14.9 Å². The summed E-state index contributed by atoms with van der Waals surface area (Å²) in [4.78, 5) is 21.6. The highest BCUT2D eigenvalue weighted by atomic mass is 19.1. The Bertz CT molecular complexity index is 1100. The third kappa shape index (κ3) is 5.36. The van der Waals surface area contributed by atoms with E-state index in [-0.39, 0.29) is 17.6 Å². The predicted octanol–water partition coefficient (Wildman–Crippen LogP) is 2.87. The SMILES string of the molecule is O=C(O)c1c(CN2CCN(CCOCCO)CC2)c(-c2ccccc2)nc2cccc(F)c12. The number of rotatable bonds is 9. The van der Waals surface area contributed by atoms with Crippen molar-refractivity contribution in [2.75, 3.05) is 52.5 Å². The third-order valence-electron chi connectivity index (χ3n) is 5.96. The molecule has 4 rings (SSSR count). The summed E-state index contributed by atoms with van der Waals surface area (Å²) in [6, 6.07) is 13.9. The molecule has 1 aliphatic heterocycles. The van der Waals surface area contributed by atoms with Gasteiger partial charge in [-0.3, -0.25) is 9.80 Å². The Balaban J connectivity index is 1.64. The number of piperazine rings is 1. The number of nitrogens with zero attached hydrogens (tertiary/aromatic N) is 3. The molecule has 0 amide bonds. The van der Waals surface area contributed by atoms with Crippen LogP contribution in [0.5, 0.6) is 0 Å². The lowest BCUT2D eigenvalue weighted by Crippen LogP contribution is -2.47. The molecule has 0 atom stereocenters. The third-order valence-corrected chi connectivity index (χ3v) is 5.96. The van der Waals surface area contributed by atoms with Crippen LogP contribution in [0.15, 0.2) is 48.5 Å². The number of hydrogen-bond donors (Lipinski definition) is 2. The number of ether oxygens (including phenoxy) is 1. The summed E-state index contributed by atoms with van der Waals surface area (Å²) in [5, 5.41) is 19.0.